The predicted octanol–water partition coefficient (Wildman–Crippen LogP) is 2.22. The van der Waals surface area contributed by atoms with Gasteiger partial charge < -0.3 is 10.6 Å². The lowest BCUT2D eigenvalue weighted by Gasteiger charge is -2.18. The van der Waals surface area contributed by atoms with Crippen molar-refractivity contribution in [3.8, 4) is 0 Å². The molecule has 1 aromatic heterocycles. The van der Waals surface area contributed by atoms with E-state index in [0.717, 1.165) is 11.8 Å². The molecular weight excluding hydrogens is 390 g/mol. The van der Waals surface area contributed by atoms with Gasteiger partial charge in [-0.1, -0.05) is 11.6 Å². The first-order chi connectivity index (χ1) is 12.6. The van der Waals surface area contributed by atoms with E-state index in [1.54, 1.807) is 30.5 Å². The monoisotopic (exact) mass is 409 g/mol. The second-order valence-corrected chi connectivity index (χ2v) is 8.86. The summed E-state index contributed by atoms with van der Waals surface area (Å²) in [4.78, 5) is 29.0. The van der Waals surface area contributed by atoms with Crippen LogP contribution in [-0.4, -0.2) is 43.3 Å². The highest BCUT2D eigenvalue weighted by atomic mass is 35.5. The Bertz CT molecular complexity index is 930. The summed E-state index contributed by atoms with van der Waals surface area (Å²) in [6.07, 6.45) is 2.56. The average Bonchev–Trinajstić information content (AvgIpc) is 2.58. The molecule has 0 aliphatic carbocycles. The third-order valence-corrected chi connectivity index (χ3v) is 4.90. The van der Waals surface area contributed by atoms with Crippen molar-refractivity contribution in [2.45, 2.75) is 19.4 Å². The van der Waals surface area contributed by atoms with Gasteiger partial charge in [0, 0.05) is 23.0 Å². The van der Waals surface area contributed by atoms with Gasteiger partial charge in [-0.25, -0.2) is 13.4 Å². The molecule has 2 amide bonds. The van der Waals surface area contributed by atoms with Gasteiger partial charge in [0.2, 0.25) is 5.91 Å². The molecule has 2 N–H and O–H groups in total. The first-order valence-electron chi connectivity index (χ1n) is 8.12. The van der Waals surface area contributed by atoms with E-state index in [0.29, 0.717) is 16.4 Å². The minimum absolute atomic E-state index is 0.0597. The number of carbonyl (C=O) groups is 2. The molecule has 0 saturated carbocycles. The maximum atomic E-state index is 12.6. The first kappa shape index (κ1) is 20.9. The fourth-order valence-electron chi connectivity index (χ4n) is 2.26. The van der Waals surface area contributed by atoms with Crippen LogP contribution in [0, 0.1) is 6.92 Å². The van der Waals surface area contributed by atoms with Gasteiger partial charge in [-0.05, 0) is 55.3 Å². The largest absolute Gasteiger partial charge is 0.340 e. The molecule has 7 nitrogen and oxygen atoms in total. The van der Waals surface area contributed by atoms with E-state index in [2.05, 4.69) is 15.6 Å². The zero-order chi connectivity index (χ0) is 20.0. The molecule has 1 atom stereocenters. The fraction of sp³-hybridized carbons (Fsp3) is 0.278. The van der Waals surface area contributed by atoms with Gasteiger partial charge in [0.15, 0.2) is 0 Å². The predicted molar refractivity (Wildman–Crippen MR) is 105 cm³/mol. The van der Waals surface area contributed by atoms with Gasteiger partial charge in [-0.15, -0.1) is 0 Å². The van der Waals surface area contributed by atoms with Crippen LogP contribution in [0.5, 0.6) is 0 Å². The molecule has 0 unspecified atom stereocenters. The number of hydrogen-bond donors (Lipinski definition) is 2. The third kappa shape index (κ3) is 6.99. The van der Waals surface area contributed by atoms with Crippen molar-refractivity contribution in [2.24, 2.45) is 0 Å². The number of amides is 2. The Morgan fingerprint density at radius 2 is 1.85 bits per heavy atom. The lowest BCUT2D eigenvalue weighted by molar-refractivity contribution is -0.118. The number of rotatable bonds is 7. The number of aryl methyl sites for hydroxylation is 1. The second-order valence-electron chi connectivity index (χ2n) is 6.16. The molecule has 0 aliphatic rings. The SMILES string of the molecule is Cc1ccnc(NC(=O)[C@H](CCS(C)(=O)=O)NC(=O)c2ccc(Cl)cc2)c1. The summed E-state index contributed by atoms with van der Waals surface area (Å²) >= 11 is 5.81. The Morgan fingerprint density at radius 3 is 2.44 bits per heavy atom. The Kier molecular flexibility index (Phi) is 6.92. The number of nitrogens with one attached hydrogen (secondary N) is 2. The lowest BCUT2D eigenvalue weighted by atomic mass is 10.1. The van der Waals surface area contributed by atoms with Gasteiger partial charge in [0.25, 0.3) is 5.91 Å². The number of pyridine rings is 1. The molecule has 1 heterocycles. The van der Waals surface area contributed by atoms with Crippen LogP contribution in [0.3, 0.4) is 0 Å². The normalized spacial score (nSPS) is 12.3. The summed E-state index contributed by atoms with van der Waals surface area (Å²) in [7, 11) is -3.30. The number of benzene rings is 1. The van der Waals surface area contributed by atoms with Crippen LogP contribution in [-0.2, 0) is 14.6 Å². The molecule has 0 radical (unpaired) electrons. The molecule has 0 fully saturated rings. The zero-order valence-electron chi connectivity index (χ0n) is 14.9. The third-order valence-electron chi connectivity index (χ3n) is 3.67. The smallest absolute Gasteiger partial charge is 0.251 e. The lowest BCUT2D eigenvalue weighted by Crippen LogP contribution is -2.44. The number of nitrogens with zero attached hydrogens (tertiary/aromatic N) is 1. The number of aromatic nitrogens is 1. The van der Waals surface area contributed by atoms with Crippen LogP contribution in [0.4, 0.5) is 5.82 Å². The van der Waals surface area contributed by atoms with Gasteiger partial charge in [-0.3, -0.25) is 9.59 Å². The molecular formula is C18H20ClN3O4S. The molecule has 0 aliphatic heterocycles. The van der Waals surface area contributed by atoms with Gasteiger partial charge >= 0.3 is 0 Å². The fourth-order valence-corrected chi connectivity index (χ4v) is 3.05. The van der Waals surface area contributed by atoms with Crippen molar-refractivity contribution >= 4 is 39.1 Å². The molecule has 144 valence electrons. The number of halogens is 1. The highest BCUT2D eigenvalue weighted by Gasteiger charge is 2.23. The van der Waals surface area contributed by atoms with Gasteiger partial charge in [0.05, 0.1) is 5.75 Å². The maximum absolute atomic E-state index is 12.6. The summed E-state index contributed by atoms with van der Waals surface area (Å²) in [5.74, 6) is -0.963. The molecule has 2 aromatic rings. The summed E-state index contributed by atoms with van der Waals surface area (Å²) in [6, 6.07) is 8.56. The Morgan fingerprint density at radius 1 is 1.19 bits per heavy atom. The Labute approximate surface area is 163 Å². The quantitative estimate of drug-likeness (QED) is 0.729. The standard InChI is InChI=1S/C18H20ClN3O4S/c1-12-7-9-20-16(11-12)22-18(24)15(8-10-27(2,25)26)21-17(23)13-3-5-14(19)6-4-13/h3-7,9,11,15H,8,10H2,1-2H3,(H,21,23)(H,20,22,24)/t15-/m0/s1. The summed E-state index contributed by atoms with van der Waals surface area (Å²) in [5.41, 5.74) is 1.21. The number of hydrogen-bond acceptors (Lipinski definition) is 5. The van der Waals surface area contributed by atoms with E-state index in [1.807, 2.05) is 6.92 Å². The highest BCUT2D eigenvalue weighted by Crippen LogP contribution is 2.11. The molecule has 0 spiro atoms. The van der Waals surface area contributed by atoms with Crippen LogP contribution in [0.15, 0.2) is 42.6 Å². The maximum Gasteiger partial charge on any atom is 0.251 e. The van der Waals surface area contributed by atoms with Crippen LogP contribution >= 0.6 is 11.6 Å². The van der Waals surface area contributed by atoms with Crippen LogP contribution < -0.4 is 10.6 Å². The van der Waals surface area contributed by atoms with E-state index in [1.165, 1.54) is 12.1 Å². The van der Waals surface area contributed by atoms with Gasteiger partial charge in [0.1, 0.15) is 21.7 Å². The highest BCUT2D eigenvalue weighted by molar-refractivity contribution is 7.90. The minimum atomic E-state index is -3.30. The van der Waals surface area contributed by atoms with Crippen molar-refractivity contribution in [1.29, 1.82) is 0 Å². The van der Waals surface area contributed by atoms with Crippen LogP contribution in [0.25, 0.3) is 0 Å². The van der Waals surface area contributed by atoms with Crippen molar-refractivity contribution in [3.05, 3.63) is 58.7 Å². The molecule has 0 saturated heterocycles. The number of carbonyl (C=O) groups excluding carboxylic acids is 2. The van der Waals surface area contributed by atoms with E-state index in [9.17, 15) is 18.0 Å². The molecule has 1 aromatic carbocycles. The van der Waals surface area contributed by atoms with E-state index < -0.39 is 27.7 Å². The van der Waals surface area contributed by atoms with Crippen molar-refractivity contribution in [3.63, 3.8) is 0 Å². The average molecular weight is 410 g/mol. The second kappa shape index (κ2) is 8.96. The topological polar surface area (TPSA) is 105 Å². The Hall–Kier alpha value is -2.45. The molecule has 2 rings (SSSR count). The van der Waals surface area contributed by atoms with E-state index >= 15 is 0 Å². The summed E-state index contributed by atoms with van der Waals surface area (Å²) < 4.78 is 23.0. The molecule has 27 heavy (non-hydrogen) atoms. The molecule has 0 bridgehead atoms. The Balaban J connectivity index is 2.15. The van der Waals surface area contributed by atoms with Crippen LogP contribution in [0.1, 0.15) is 22.3 Å². The van der Waals surface area contributed by atoms with Crippen molar-refractivity contribution in [2.75, 3.05) is 17.3 Å². The van der Waals surface area contributed by atoms with E-state index in [-0.39, 0.29) is 12.2 Å². The van der Waals surface area contributed by atoms with Crippen LogP contribution in [0.2, 0.25) is 5.02 Å². The summed E-state index contributed by atoms with van der Waals surface area (Å²) in [6.45, 7) is 1.85. The number of anilines is 1. The van der Waals surface area contributed by atoms with Crippen molar-refractivity contribution in [1.82, 2.24) is 10.3 Å². The number of sulfone groups is 1. The van der Waals surface area contributed by atoms with Crippen molar-refractivity contribution < 1.29 is 18.0 Å². The minimum Gasteiger partial charge on any atom is -0.340 e. The van der Waals surface area contributed by atoms with Gasteiger partial charge in [-0.2, -0.15) is 0 Å². The summed E-state index contributed by atoms with van der Waals surface area (Å²) in [5, 5.41) is 5.65. The first-order valence-corrected chi connectivity index (χ1v) is 10.6. The zero-order valence-corrected chi connectivity index (χ0v) is 16.5. The molecule has 9 heteroatoms. The van der Waals surface area contributed by atoms with E-state index in [4.69, 9.17) is 11.6 Å².